The van der Waals surface area contributed by atoms with Gasteiger partial charge in [-0.15, -0.1) is 13.2 Å². The molecule has 1 aliphatic carbocycles. The summed E-state index contributed by atoms with van der Waals surface area (Å²) in [7, 11) is 1.22. The van der Waals surface area contributed by atoms with Gasteiger partial charge in [0, 0.05) is 54.9 Å². The highest BCUT2D eigenvalue weighted by Crippen LogP contribution is 2.37. The molecule has 5 aromatic heterocycles. The minimum absolute atomic E-state index is 0.0286. The minimum atomic E-state index is -4.66. The molecule has 1 aliphatic heterocycles. The molecule has 16 nitrogen and oxygen atoms in total. The van der Waals surface area contributed by atoms with Crippen LogP contribution in [0.1, 0.15) is 50.6 Å². The lowest BCUT2D eigenvalue weighted by Gasteiger charge is -2.24. The molecular weight excluding hydrogens is 655 g/mol. The van der Waals surface area contributed by atoms with E-state index >= 15 is 0 Å². The molecule has 1 saturated carbocycles. The molecular formula is C30H34F3N9O7. The van der Waals surface area contributed by atoms with E-state index in [1.807, 2.05) is 10.6 Å². The first kappa shape index (κ1) is 33.9. The number of primary amides is 1. The molecule has 0 unspecified atom stereocenters. The number of fused-ring (bicyclic) bond motifs is 2. The molecule has 49 heavy (non-hydrogen) atoms. The lowest BCUT2D eigenvalue weighted by atomic mass is 10.1. The van der Waals surface area contributed by atoms with Crippen LogP contribution in [0.25, 0.3) is 33.2 Å². The number of halogens is 3. The van der Waals surface area contributed by atoms with Crippen molar-refractivity contribution in [3.8, 4) is 11.1 Å². The number of nitrogens with one attached hydrogen (secondary N) is 1. The van der Waals surface area contributed by atoms with E-state index < -0.39 is 24.2 Å². The molecule has 19 heteroatoms. The van der Waals surface area contributed by atoms with Crippen LogP contribution in [0.4, 0.5) is 29.6 Å². The number of nitrogens with zero attached hydrogens (tertiary/aromatic N) is 7. The molecule has 7 rings (SSSR count). The predicted molar refractivity (Wildman–Crippen MR) is 167 cm³/mol. The Labute approximate surface area is 275 Å². The van der Waals surface area contributed by atoms with Gasteiger partial charge < -0.3 is 40.4 Å². The van der Waals surface area contributed by atoms with Gasteiger partial charge >= 0.3 is 24.2 Å². The fourth-order valence-electron chi connectivity index (χ4n) is 6.40. The number of carbonyl (C=O) groups excluding carboxylic acids is 1. The lowest BCUT2D eigenvalue weighted by molar-refractivity contribution is -0.374. The van der Waals surface area contributed by atoms with E-state index in [9.17, 15) is 38.1 Å². The number of nitrogens with two attached hydrogens (primary N) is 1. The molecule has 1 saturated heterocycles. The second-order valence-electron chi connectivity index (χ2n) is 11.7. The molecule has 1 amide bonds. The SMILES string of the molecule is COC(N)=O.O=c1n(C2CCCC2)c2cc(Nc3ccc4c(n3)c(-c3cnn(C(F)(F)F)c3)cn4C3CCOCC3)ncc2n1C(O)(O)O. The normalized spacial score (nSPS) is 16.2. The predicted octanol–water partition coefficient (Wildman–Crippen LogP) is 3.35. The van der Waals surface area contributed by atoms with Gasteiger partial charge in [-0.3, -0.25) is 4.57 Å². The van der Waals surface area contributed by atoms with Crippen LogP contribution in [-0.4, -0.2) is 75.2 Å². The number of anilines is 2. The lowest BCUT2D eigenvalue weighted by Crippen LogP contribution is -2.41. The number of rotatable bonds is 6. The highest BCUT2D eigenvalue weighted by atomic mass is 19.4. The van der Waals surface area contributed by atoms with Crippen LogP contribution in [-0.2, 0) is 21.9 Å². The maximum absolute atomic E-state index is 13.3. The number of hydrogen-bond donors (Lipinski definition) is 5. The van der Waals surface area contributed by atoms with Gasteiger partial charge in [-0.2, -0.15) is 9.78 Å². The summed E-state index contributed by atoms with van der Waals surface area (Å²) < 4.78 is 53.3. The third-order valence-electron chi connectivity index (χ3n) is 8.62. The third-order valence-corrected chi connectivity index (χ3v) is 8.62. The minimum Gasteiger partial charge on any atom is -0.453 e. The van der Waals surface area contributed by atoms with Crippen LogP contribution < -0.4 is 16.7 Å². The second-order valence-corrected chi connectivity index (χ2v) is 11.7. The second kappa shape index (κ2) is 13.1. The fourth-order valence-corrected chi connectivity index (χ4v) is 6.40. The van der Waals surface area contributed by atoms with Gasteiger partial charge in [-0.1, -0.05) is 12.8 Å². The van der Waals surface area contributed by atoms with Crippen molar-refractivity contribution < 1.29 is 42.8 Å². The Morgan fingerprint density at radius 2 is 1.69 bits per heavy atom. The summed E-state index contributed by atoms with van der Waals surface area (Å²) in [5, 5.41) is 36.4. The molecule has 6 N–H and O–H groups in total. The third kappa shape index (κ3) is 6.82. The molecule has 0 radical (unpaired) electrons. The summed E-state index contributed by atoms with van der Waals surface area (Å²) >= 11 is 0. The Hall–Kier alpha value is -4.98. The van der Waals surface area contributed by atoms with Gasteiger partial charge in [0.05, 0.1) is 41.6 Å². The number of carbonyl (C=O) groups is 1. The first-order valence-corrected chi connectivity index (χ1v) is 15.4. The van der Waals surface area contributed by atoms with E-state index in [1.165, 1.54) is 17.9 Å². The summed E-state index contributed by atoms with van der Waals surface area (Å²) in [6.07, 6.45) is 1.04. The van der Waals surface area contributed by atoms with Crippen molar-refractivity contribution in [3.05, 3.63) is 53.5 Å². The Morgan fingerprint density at radius 1 is 1.00 bits per heavy atom. The molecule has 262 valence electrons. The van der Waals surface area contributed by atoms with Crippen LogP contribution in [0.2, 0.25) is 0 Å². The maximum atomic E-state index is 13.3. The largest absolute Gasteiger partial charge is 0.504 e. The first-order chi connectivity index (χ1) is 23.3. The quantitative estimate of drug-likeness (QED) is 0.163. The maximum Gasteiger partial charge on any atom is 0.504 e. The molecule has 0 aromatic carbocycles. The summed E-state index contributed by atoms with van der Waals surface area (Å²) in [4.78, 5) is 31.6. The molecule has 0 atom stereocenters. The molecule has 2 aliphatic rings. The number of imidazole rings is 1. The molecule has 5 aromatic rings. The summed E-state index contributed by atoms with van der Waals surface area (Å²) in [5.74, 6) is 0.622. The Balaban J connectivity index is 0.000000778. The Bertz CT molecular complexity index is 2030. The highest BCUT2D eigenvalue weighted by Gasteiger charge is 2.34. The van der Waals surface area contributed by atoms with E-state index in [0.717, 1.165) is 56.4 Å². The zero-order valence-electron chi connectivity index (χ0n) is 26.2. The zero-order valence-corrected chi connectivity index (χ0v) is 26.2. The van der Waals surface area contributed by atoms with E-state index in [1.54, 1.807) is 18.3 Å². The van der Waals surface area contributed by atoms with Crippen molar-refractivity contribution in [3.63, 3.8) is 0 Å². The van der Waals surface area contributed by atoms with Gasteiger partial charge in [0.15, 0.2) is 0 Å². The number of aliphatic hydroxyl groups is 3. The smallest absolute Gasteiger partial charge is 0.453 e. The Kier molecular flexibility index (Phi) is 9.09. The van der Waals surface area contributed by atoms with Gasteiger partial charge in [-0.25, -0.2) is 24.1 Å². The van der Waals surface area contributed by atoms with Gasteiger partial charge in [0.1, 0.15) is 11.6 Å². The van der Waals surface area contributed by atoms with Crippen molar-refractivity contribution in [2.45, 2.75) is 63.0 Å². The highest BCUT2D eigenvalue weighted by molar-refractivity contribution is 5.94. The Morgan fingerprint density at radius 3 is 2.31 bits per heavy atom. The number of aromatic nitrogens is 7. The number of alkyl halides is 3. The molecule has 2 fully saturated rings. The number of amides is 1. The van der Waals surface area contributed by atoms with Crippen LogP contribution >= 0.6 is 0 Å². The van der Waals surface area contributed by atoms with Crippen LogP contribution in [0.15, 0.2) is 47.8 Å². The van der Waals surface area contributed by atoms with E-state index in [-0.39, 0.29) is 33.7 Å². The summed E-state index contributed by atoms with van der Waals surface area (Å²) in [6, 6.07) is 5.00. The van der Waals surface area contributed by atoms with E-state index in [4.69, 9.17) is 9.72 Å². The van der Waals surface area contributed by atoms with Crippen molar-refractivity contribution in [1.29, 1.82) is 0 Å². The van der Waals surface area contributed by atoms with Gasteiger partial charge in [0.25, 0.3) is 0 Å². The fraction of sp³-hybridized carbons (Fsp3) is 0.433. The average molecular weight is 690 g/mol. The van der Waals surface area contributed by atoms with Crippen LogP contribution in [0.3, 0.4) is 0 Å². The van der Waals surface area contributed by atoms with E-state index in [2.05, 4.69) is 25.9 Å². The average Bonchev–Trinajstić information content (AvgIpc) is 3.86. The zero-order chi connectivity index (χ0) is 35.1. The number of pyridine rings is 2. The van der Waals surface area contributed by atoms with Crippen LogP contribution in [0, 0.1) is 0 Å². The summed E-state index contributed by atoms with van der Waals surface area (Å²) in [6.45, 7) is 1.15. The topological polar surface area (TPSA) is 210 Å². The van der Waals surface area contributed by atoms with Crippen LogP contribution in [0.5, 0.6) is 0 Å². The number of methoxy groups -OCH3 is 1. The number of hydrogen-bond acceptors (Lipinski definition) is 11. The summed E-state index contributed by atoms with van der Waals surface area (Å²) in [5.41, 5.74) is 5.95. The first-order valence-electron chi connectivity index (χ1n) is 15.4. The van der Waals surface area contributed by atoms with Crippen molar-refractivity contribution >= 4 is 39.8 Å². The standard InChI is InChI=1S/C28H29F3N8O5.C2H5NO2/c29-27(30,31)37-14-16(12-33-37)19-15-36(17-7-9-44-10-8-17)20-5-6-23(35-25(19)20)34-24-11-21-22(13-32-24)39(28(41,42)43)26(40)38(21)18-3-1-2-4-18;1-5-2(3)4/h5-6,11-15,17-18,41-43H,1-4,7-10H2,(H,32,34,35);1H3,(H2,3,4). The number of ether oxygens (including phenoxy) is 2. The van der Waals surface area contributed by atoms with Crippen molar-refractivity contribution in [1.82, 2.24) is 33.4 Å². The van der Waals surface area contributed by atoms with Crippen molar-refractivity contribution in [2.24, 2.45) is 5.73 Å². The van der Waals surface area contributed by atoms with Gasteiger partial charge in [0.2, 0.25) is 0 Å². The van der Waals surface area contributed by atoms with E-state index in [0.29, 0.717) is 40.2 Å². The molecule has 6 heterocycles. The van der Waals surface area contributed by atoms with Crippen molar-refractivity contribution in [2.75, 3.05) is 25.6 Å². The molecule has 0 spiro atoms. The monoisotopic (exact) mass is 689 g/mol. The molecule has 0 bridgehead atoms. The van der Waals surface area contributed by atoms with Gasteiger partial charge in [-0.05, 0) is 37.8 Å².